The summed E-state index contributed by atoms with van der Waals surface area (Å²) < 4.78 is 5.45. The van der Waals surface area contributed by atoms with Crippen molar-refractivity contribution in [3.63, 3.8) is 0 Å². The summed E-state index contributed by atoms with van der Waals surface area (Å²) in [7, 11) is 0. The minimum atomic E-state index is -0.239. The number of nitrogens with zero attached hydrogens (tertiary/aromatic N) is 3. The normalized spacial score (nSPS) is 27.3. The zero-order chi connectivity index (χ0) is 14.7. The highest BCUT2D eigenvalue weighted by molar-refractivity contribution is 5.82. The number of carbonyl (C=O) groups is 2. The smallest absolute Gasteiger partial charge is 0.251 e. The molecular formula is C15H25N3O3. The fraction of sp³-hybridized carbons (Fsp3) is 0.867. The van der Waals surface area contributed by atoms with E-state index in [2.05, 4.69) is 4.90 Å². The molecule has 6 heteroatoms. The van der Waals surface area contributed by atoms with Crippen molar-refractivity contribution in [2.24, 2.45) is 0 Å². The monoisotopic (exact) mass is 295 g/mol. The number of ether oxygens (including phenoxy) is 1. The van der Waals surface area contributed by atoms with Crippen molar-refractivity contribution in [2.75, 3.05) is 52.4 Å². The molecule has 3 saturated heterocycles. The van der Waals surface area contributed by atoms with Crippen LogP contribution in [0.25, 0.3) is 0 Å². The molecule has 3 aliphatic rings. The van der Waals surface area contributed by atoms with Gasteiger partial charge in [-0.1, -0.05) is 0 Å². The van der Waals surface area contributed by atoms with Crippen LogP contribution >= 0.6 is 0 Å². The van der Waals surface area contributed by atoms with Gasteiger partial charge in [-0.3, -0.25) is 14.5 Å². The van der Waals surface area contributed by atoms with Gasteiger partial charge in [-0.15, -0.1) is 0 Å². The highest BCUT2D eigenvalue weighted by atomic mass is 16.5. The Morgan fingerprint density at radius 2 is 1.57 bits per heavy atom. The maximum Gasteiger partial charge on any atom is 0.251 e. The topological polar surface area (TPSA) is 53.1 Å². The third-order valence-electron chi connectivity index (χ3n) is 4.71. The third-order valence-corrected chi connectivity index (χ3v) is 4.71. The Bertz CT molecular complexity index is 382. The van der Waals surface area contributed by atoms with Gasteiger partial charge in [0.25, 0.3) is 5.91 Å². The molecule has 1 atom stereocenters. The largest absolute Gasteiger partial charge is 0.368 e. The van der Waals surface area contributed by atoms with E-state index in [0.717, 1.165) is 25.9 Å². The van der Waals surface area contributed by atoms with Crippen LogP contribution in [0.3, 0.4) is 0 Å². The van der Waals surface area contributed by atoms with Crippen LogP contribution in [0.4, 0.5) is 0 Å². The molecule has 0 spiro atoms. The van der Waals surface area contributed by atoms with E-state index >= 15 is 0 Å². The van der Waals surface area contributed by atoms with Crippen molar-refractivity contribution in [2.45, 2.75) is 31.8 Å². The standard InChI is InChI=1S/C15H25N3O3/c19-14(12-16-5-1-2-6-16)17-7-9-18(10-8-17)15(20)13-4-3-11-21-13/h13H,1-12H2. The minimum absolute atomic E-state index is 0.110. The molecule has 118 valence electrons. The van der Waals surface area contributed by atoms with Gasteiger partial charge in [0.2, 0.25) is 5.91 Å². The average Bonchev–Trinajstić information content (AvgIpc) is 3.20. The van der Waals surface area contributed by atoms with Gasteiger partial charge in [0.15, 0.2) is 0 Å². The van der Waals surface area contributed by atoms with Crippen molar-refractivity contribution >= 4 is 11.8 Å². The van der Waals surface area contributed by atoms with E-state index in [1.54, 1.807) is 0 Å². The Balaban J connectivity index is 1.43. The molecule has 3 rings (SSSR count). The lowest BCUT2D eigenvalue weighted by Crippen LogP contribution is -2.54. The van der Waals surface area contributed by atoms with E-state index in [-0.39, 0.29) is 17.9 Å². The van der Waals surface area contributed by atoms with Gasteiger partial charge in [0.1, 0.15) is 6.10 Å². The summed E-state index contributed by atoms with van der Waals surface area (Å²) >= 11 is 0. The van der Waals surface area contributed by atoms with Crippen LogP contribution in [-0.4, -0.2) is 85.0 Å². The first-order valence-corrected chi connectivity index (χ1v) is 8.14. The van der Waals surface area contributed by atoms with Crippen LogP contribution in [0.5, 0.6) is 0 Å². The molecule has 6 nitrogen and oxygen atoms in total. The first-order chi connectivity index (χ1) is 10.2. The lowest BCUT2D eigenvalue weighted by Gasteiger charge is -2.36. The predicted molar refractivity (Wildman–Crippen MR) is 77.8 cm³/mol. The van der Waals surface area contributed by atoms with Crippen LogP contribution in [-0.2, 0) is 14.3 Å². The number of carbonyl (C=O) groups excluding carboxylic acids is 2. The fourth-order valence-corrected chi connectivity index (χ4v) is 3.38. The van der Waals surface area contributed by atoms with Crippen LogP contribution in [0.2, 0.25) is 0 Å². The van der Waals surface area contributed by atoms with Crippen LogP contribution in [0.1, 0.15) is 25.7 Å². The predicted octanol–water partition coefficient (Wildman–Crippen LogP) is -0.0680. The molecule has 0 aromatic rings. The van der Waals surface area contributed by atoms with E-state index < -0.39 is 0 Å². The van der Waals surface area contributed by atoms with Gasteiger partial charge in [0, 0.05) is 32.8 Å². The second-order valence-corrected chi connectivity index (χ2v) is 6.19. The van der Waals surface area contributed by atoms with E-state index in [1.807, 2.05) is 9.80 Å². The number of likely N-dealkylation sites (tertiary alicyclic amines) is 1. The van der Waals surface area contributed by atoms with Crippen LogP contribution in [0.15, 0.2) is 0 Å². The summed E-state index contributed by atoms with van der Waals surface area (Å²) in [6.45, 7) is 5.93. The van der Waals surface area contributed by atoms with Crippen molar-refractivity contribution in [1.82, 2.24) is 14.7 Å². The van der Waals surface area contributed by atoms with Crippen LogP contribution < -0.4 is 0 Å². The Morgan fingerprint density at radius 3 is 2.19 bits per heavy atom. The zero-order valence-electron chi connectivity index (χ0n) is 12.6. The molecule has 21 heavy (non-hydrogen) atoms. The first-order valence-electron chi connectivity index (χ1n) is 8.14. The molecule has 3 aliphatic heterocycles. The number of hydrogen-bond acceptors (Lipinski definition) is 4. The van der Waals surface area contributed by atoms with Crippen molar-refractivity contribution < 1.29 is 14.3 Å². The van der Waals surface area contributed by atoms with Crippen LogP contribution in [0, 0.1) is 0 Å². The molecule has 0 aromatic carbocycles. The second-order valence-electron chi connectivity index (χ2n) is 6.19. The summed E-state index contributed by atoms with van der Waals surface area (Å²) in [4.78, 5) is 30.5. The Kier molecular flexibility index (Phi) is 4.75. The molecule has 0 radical (unpaired) electrons. The van der Waals surface area contributed by atoms with E-state index in [4.69, 9.17) is 4.74 Å². The van der Waals surface area contributed by atoms with Crippen molar-refractivity contribution in [3.8, 4) is 0 Å². The van der Waals surface area contributed by atoms with Gasteiger partial charge >= 0.3 is 0 Å². The SMILES string of the molecule is O=C(CN1CCCC1)N1CCN(C(=O)C2CCCO2)CC1. The average molecular weight is 295 g/mol. The van der Waals surface area contributed by atoms with E-state index in [1.165, 1.54) is 12.8 Å². The molecule has 0 aliphatic carbocycles. The molecule has 0 bridgehead atoms. The zero-order valence-corrected chi connectivity index (χ0v) is 12.6. The van der Waals surface area contributed by atoms with Gasteiger partial charge in [-0.05, 0) is 38.8 Å². The van der Waals surface area contributed by atoms with E-state index in [9.17, 15) is 9.59 Å². The molecule has 3 heterocycles. The lowest BCUT2D eigenvalue weighted by atomic mass is 10.2. The van der Waals surface area contributed by atoms with E-state index in [0.29, 0.717) is 39.3 Å². The number of piperazine rings is 1. The Labute approximate surface area is 126 Å². The third kappa shape index (κ3) is 3.55. The van der Waals surface area contributed by atoms with Gasteiger partial charge < -0.3 is 14.5 Å². The summed E-state index contributed by atoms with van der Waals surface area (Å²) in [6, 6.07) is 0. The van der Waals surface area contributed by atoms with Crippen molar-refractivity contribution in [1.29, 1.82) is 0 Å². The number of hydrogen-bond donors (Lipinski definition) is 0. The summed E-state index contributed by atoms with van der Waals surface area (Å²) in [6.07, 6.45) is 3.99. The maximum atomic E-state index is 12.2. The lowest BCUT2D eigenvalue weighted by molar-refractivity contribution is -0.146. The molecule has 0 N–H and O–H groups in total. The number of amides is 2. The minimum Gasteiger partial charge on any atom is -0.368 e. The molecular weight excluding hydrogens is 270 g/mol. The highest BCUT2D eigenvalue weighted by Gasteiger charge is 2.31. The summed E-state index contributed by atoms with van der Waals surface area (Å²) in [5, 5.41) is 0. The van der Waals surface area contributed by atoms with Crippen molar-refractivity contribution in [3.05, 3.63) is 0 Å². The number of rotatable bonds is 3. The van der Waals surface area contributed by atoms with Gasteiger partial charge in [-0.25, -0.2) is 0 Å². The fourth-order valence-electron chi connectivity index (χ4n) is 3.38. The van der Waals surface area contributed by atoms with Gasteiger partial charge in [-0.2, -0.15) is 0 Å². The second kappa shape index (κ2) is 6.75. The summed E-state index contributed by atoms with van der Waals surface area (Å²) in [5.41, 5.74) is 0. The Morgan fingerprint density at radius 1 is 0.905 bits per heavy atom. The molecule has 3 fully saturated rings. The quantitative estimate of drug-likeness (QED) is 0.731. The van der Waals surface area contributed by atoms with Gasteiger partial charge in [0.05, 0.1) is 6.54 Å². The molecule has 1 unspecified atom stereocenters. The molecule has 0 aromatic heterocycles. The maximum absolute atomic E-state index is 12.2. The molecule has 0 saturated carbocycles. The first kappa shape index (κ1) is 14.8. The Hall–Kier alpha value is -1.14. The molecule has 2 amide bonds. The highest BCUT2D eigenvalue weighted by Crippen LogP contribution is 2.16. The summed E-state index contributed by atoms with van der Waals surface area (Å²) in [5.74, 6) is 0.320.